The van der Waals surface area contributed by atoms with Crippen molar-refractivity contribution in [2.45, 2.75) is 33.1 Å². The molecule has 0 heterocycles. The van der Waals surface area contributed by atoms with Crippen LogP contribution < -0.4 is 4.74 Å². The first-order valence-electron chi connectivity index (χ1n) is 7.13. The molecule has 2 rings (SSSR count). The summed E-state index contributed by atoms with van der Waals surface area (Å²) in [5.74, 6) is 0.822. The molecular formula is C19H22O2. The minimum Gasteiger partial charge on any atom is -0.497 e. The zero-order valence-electron chi connectivity index (χ0n) is 13.4. The van der Waals surface area contributed by atoms with Gasteiger partial charge < -0.3 is 4.74 Å². The summed E-state index contributed by atoms with van der Waals surface area (Å²) in [6.45, 7) is 8.42. The molecule has 0 atom stereocenters. The number of methoxy groups -OCH3 is 1. The van der Waals surface area contributed by atoms with E-state index in [1.165, 1.54) is 5.56 Å². The summed E-state index contributed by atoms with van der Waals surface area (Å²) in [5, 5.41) is 0. The lowest BCUT2D eigenvalue weighted by atomic mass is 9.86. The number of ketones is 1. The van der Waals surface area contributed by atoms with Crippen molar-refractivity contribution in [3.63, 3.8) is 0 Å². The molecule has 0 spiro atoms. The number of carbonyl (C=O) groups is 1. The van der Waals surface area contributed by atoms with Crippen LogP contribution in [0.3, 0.4) is 0 Å². The first-order valence-corrected chi connectivity index (χ1v) is 7.13. The lowest BCUT2D eigenvalue weighted by Crippen LogP contribution is -2.11. The Kier molecular flexibility index (Phi) is 4.17. The fourth-order valence-electron chi connectivity index (χ4n) is 2.30. The maximum Gasteiger partial charge on any atom is 0.193 e. The van der Waals surface area contributed by atoms with Crippen LogP contribution in [0.2, 0.25) is 0 Å². The fraction of sp³-hybridized carbons (Fsp3) is 0.316. The number of hydrogen-bond donors (Lipinski definition) is 0. The van der Waals surface area contributed by atoms with Crippen molar-refractivity contribution >= 4 is 5.78 Å². The summed E-state index contributed by atoms with van der Waals surface area (Å²) in [6, 6.07) is 13.4. The summed E-state index contributed by atoms with van der Waals surface area (Å²) < 4.78 is 5.18. The highest BCUT2D eigenvalue weighted by Crippen LogP contribution is 2.24. The van der Waals surface area contributed by atoms with Gasteiger partial charge >= 0.3 is 0 Å². The van der Waals surface area contributed by atoms with Crippen LogP contribution in [0.4, 0.5) is 0 Å². The molecule has 0 aliphatic rings. The molecule has 2 aromatic rings. The molecular weight excluding hydrogens is 260 g/mol. The zero-order valence-corrected chi connectivity index (χ0v) is 13.4. The maximum atomic E-state index is 12.6. The summed E-state index contributed by atoms with van der Waals surface area (Å²) in [6.07, 6.45) is 0. The van der Waals surface area contributed by atoms with E-state index in [2.05, 4.69) is 20.8 Å². The normalized spacial score (nSPS) is 11.3. The van der Waals surface area contributed by atoms with E-state index in [4.69, 9.17) is 4.74 Å². The van der Waals surface area contributed by atoms with Gasteiger partial charge in [0.2, 0.25) is 0 Å². The second-order valence-electron chi connectivity index (χ2n) is 6.34. The van der Waals surface area contributed by atoms with E-state index >= 15 is 0 Å². The third kappa shape index (κ3) is 3.33. The Morgan fingerprint density at radius 1 is 1.00 bits per heavy atom. The van der Waals surface area contributed by atoms with Crippen molar-refractivity contribution < 1.29 is 9.53 Å². The Bertz CT molecular complexity index is 646. The van der Waals surface area contributed by atoms with Gasteiger partial charge in [0.25, 0.3) is 0 Å². The molecule has 0 aliphatic heterocycles. The van der Waals surface area contributed by atoms with Crippen molar-refractivity contribution in [1.82, 2.24) is 0 Å². The number of rotatable bonds is 3. The van der Waals surface area contributed by atoms with Gasteiger partial charge in [-0.05, 0) is 41.7 Å². The number of carbonyl (C=O) groups excluding carboxylic acids is 1. The second-order valence-corrected chi connectivity index (χ2v) is 6.34. The van der Waals surface area contributed by atoms with E-state index in [0.29, 0.717) is 0 Å². The molecule has 0 aliphatic carbocycles. The van der Waals surface area contributed by atoms with Crippen molar-refractivity contribution in [2.75, 3.05) is 7.11 Å². The Balaban J connectivity index is 2.32. The van der Waals surface area contributed by atoms with E-state index in [1.54, 1.807) is 7.11 Å². The summed E-state index contributed by atoms with van der Waals surface area (Å²) in [7, 11) is 1.63. The first kappa shape index (κ1) is 15.3. The Labute approximate surface area is 126 Å². The van der Waals surface area contributed by atoms with Gasteiger partial charge in [-0.15, -0.1) is 0 Å². The average molecular weight is 282 g/mol. The van der Waals surface area contributed by atoms with Crippen molar-refractivity contribution in [3.8, 4) is 5.75 Å². The smallest absolute Gasteiger partial charge is 0.193 e. The van der Waals surface area contributed by atoms with Crippen LogP contribution in [0.1, 0.15) is 47.8 Å². The molecule has 2 heteroatoms. The molecule has 0 unspecified atom stereocenters. The fourth-order valence-corrected chi connectivity index (χ4v) is 2.30. The van der Waals surface area contributed by atoms with Gasteiger partial charge in [-0.2, -0.15) is 0 Å². The van der Waals surface area contributed by atoms with E-state index in [-0.39, 0.29) is 11.2 Å². The van der Waals surface area contributed by atoms with Gasteiger partial charge in [-0.25, -0.2) is 0 Å². The van der Waals surface area contributed by atoms with Crippen molar-refractivity contribution in [1.29, 1.82) is 0 Å². The molecule has 21 heavy (non-hydrogen) atoms. The summed E-state index contributed by atoms with van der Waals surface area (Å²) in [5.41, 5.74) is 3.69. The molecule has 0 bridgehead atoms. The number of aryl methyl sites for hydroxylation is 1. The monoisotopic (exact) mass is 282 g/mol. The van der Waals surface area contributed by atoms with Crippen LogP contribution in [-0.2, 0) is 5.41 Å². The van der Waals surface area contributed by atoms with Gasteiger partial charge in [0.15, 0.2) is 5.78 Å². The van der Waals surface area contributed by atoms with Crippen LogP contribution in [0.25, 0.3) is 0 Å². The predicted octanol–water partition coefficient (Wildman–Crippen LogP) is 4.53. The van der Waals surface area contributed by atoms with Gasteiger partial charge in [-0.3, -0.25) is 4.79 Å². The molecule has 2 aromatic carbocycles. The van der Waals surface area contributed by atoms with E-state index in [0.717, 1.165) is 22.4 Å². The zero-order chi connectivity index (χ0) is 15.6. The highest BCUT2D eigenvalue weighted by Gasteiger charge is 2.16. The first-order chi connectivity index (χ1) is 9.82. The largest absolute Gasteiger partial charge is 0.497 e. The standard InChI is InChI=1S/C19H22O2/c1-13-12-16(21-5)10-11-17(13)18(20)14-6-8-15(9-7-14)19(2,3)4/h6-12H,1-5H3. The minimum absolute atomic E-state index is 0.0515. The van der Waals surface area contributed by atoms with Crippen LogP contribution >= 0.6 is 0 Å². The third-order valence-electron chi connectivity index (χ3n) is 3.69. The van der Waals surface area contributed by atoms with Gasteiger partial charge in [0.1, 0.15) is 5.75 Å². The van der Waals surface area contributed by atoms with E-state index in [9.17, 15) is 4.79 Å². The Morgan fingerprint density at radius 3 is 2.10 bits per heavy atom. The quantitative estimate of drug-likeness (QED) is 0.773. The van der Waals surface area contributed by atoms with Crippen LogP contribution in [0.5, 0.6) is 5.75 Å². The molecule has 0 N–H and O–H groups in total. The summed E-state index contributed by atoms with van der Waals surface area (Å²) in [4.78, 5) is 12.6. The molecule has 2 nitrogen and oxygen atoms in total. The van der Waals surface area contributed by atoms with Crippen molar-refractivity contribution in [3.05, 3.63) is 64.7 Å². The van der Waals surface area contributed by atoms with Crippen molar-refractivity contribution in [2.24, 2.45) is 0 Å². The topological polar surface area (TPSA) is 26.3 Å². The molecule has 0 fully saturated rings. The molecule has 110 valence electrons. The van der Waals surface area contributed by atoms with Gasteiger partial charge in [-0.1, -0.05) is 45.0 Å². The minimum atomic E-state index is 0.0515. The van der Waals surface area contributed by atoms with E-state index in [1.807, 2.05) is 49.4 Å². The maximum absolute atomic E-state index is 12.6. The lowest BCUT2D eigenvalue weighted by molar-refractivity contribution is 0.103. The second kappa shape index (κ2) is 5.72. The Hall–Kier alpha value is -2.09. The van der Waals surface area contributed by atoms with Gasteiger partial charge in [0, 0.05) is 11.1 Å². The summed E-state index contributed by atoms with van der Waals surface area (Å²) >= 11 is 0. The highest BCUT2D eigenvalue weighted by molar-refractivity contribution is 6.10. The molecule has 0 aromatic heterocycles. The SMILES string of the molecule is COc1ccc(C(=O)c2ccc(C(C)(C)C)cc2)c(C)c1. The van der Waals surface area contributed by atoms with Crippen LogP contribution in [-0.4, -0.2) is 12.9 Å². The average Bonchev–Trinajstić information content (AvgIpc) is 2.45. The molecule has 0 saturated heterocycles. The number of hydrogen-bond acceptors (Lipinski definition) is 2. The third-order valence-corrected chi connectivity index (χ3v) is 3.69. The number of benzene rings is 2. The number of ether oxygens (including phenoxy) is 1. The Morgan fingerprint density at radius 2 is 1.62 bits per heavy atom. The highest BCUT2D eigenvalue weighted by atomic mass is 16.5. The molecule has 0 amide bonds. The van der Waals surface area contributed by atoms with E-state index < -0.39 is 0 Å². The van der Waals surface area contributed by atoms with Crippen LogP contribution in [0.15, 0.2) is 42.5 Å². The molecule has 0 radical (unpaired) electrons. The van der Waals surface area contributed by atoms with Crippen LogP contribution in [0, 0.1) is 6.92 Å². The molecule has 0 saturated carbocycles. The predicted molar refractivity (Wildman–Crippen MR) is 86.3 cm³/mol. The van der Waals surface area contributed by atoms with Gasteiger partial charge in [0.05, 0.1) is 7.11 Å². The lowest BCUT2D eigenvalue weighted by Gasteiger charge is -2.19.